The van der Waals surface area contributed by atoms with Gasteiger partial charge in [-0.25, -0.2) is 0 Å². The Kier molecular flexibility index (Phi) is 4.28. The molecule has 0 atom stereocenters. The second-order valence-corrected chi connectivity index (χ2v) is 3.81. The van der Waals surface area contributed by atoms with Crippen molar-refractivity contribution in [1.29, 1.82) is 0 Å². The summed E-state index contributed by atoms with van der Waals surface area (Å²) in [5.74, 6) is -1.50. The fourth-order valence-electron chi connectivity index (χ4n) is 1.72. The Balaban J connectivity index is 2.49. The van der Waals surface area contributed by atoms with Crippen LogP contribution in [0.25, 0.3) is 0 Å². The first-order valence-electron chi connectivity index (χ1n) is 5.26. The predicted molar refractivity (Wildman–Crippen MR) is 55.7 cm³/mol. The van der Waals surface area contributed by atoms with Crippen LogP contribution in [0.5, 0.6) is 0 Å². The smallest absolute Gasteiger partial charge is 0.312 e. The third-order valence-electron chi connectivity index (χ3n) is 2.60. The molecule has 0 aromatic carbocycles. The average molecular weight is 228 g/mol. The van der Waals surface area contributed by atoms with E-state index in [1.165, 1.54) is 11.8 Å². The number of carboxylic acids is 1. The van der Waals surface area contributed by atoms with Crippen molar-refractivity contribution in [1.82, 2.24) is 9.80 Å². The van der Waals surface area contributed by atoms with Crippen LogP contribution in [-0.2, 0) is 14.4 Å². The lowest BCUT2D eigenvalue weighted by Crippen LogP contribution is -2.37. The fraction of sp³-hybridized carbons (Fsp3) is 0.700. The molecule has 1 saturated heterocycles. The summed E-state index contributed by atoms with van der Waals surface area (Å²) >= 11 is 0. The summed E-state index contributed by atoms with van der Waals surface area (Å²) in [7, 11) is 0. The Morgan fingerprint density at radius 1 is 1.06 bits per heavy atom. The van der Waals surface area contributed by atoms with Crippen LogP contribution in [-0.4, -0.2) is 58.9 Å². The number of carbonyl (C=O) groups excluding carboxylic acids is 2. The van der Waals surface area contributed by atoms with Gasteiger partial charge in [-0.2, -0.15) is 0 Å². The van der Waals surface area contributed by atoms with E-state index in [-0.39, 0.29) is 11.8 Å². The molecule has 1 fully saturated rings. The van der Waals surface area contributed by atoms with Crippen LogP contribution in [0, 0.1) is 0 Å². The maximum atomic E-state index is 11.5. The average Bonchev–Trinajstić information content (AvgIpc) is 2.41. The van der Waals surface area contributed by atoms with Gasteiger partial charge in [0.25, 0.3) is 0 Å². The zero-order chi connectivity index (χ0) is 12.1. The molecule has 0 unspecified atom stereocenters. The standard InChI is InChI=1S/C10H16N2O4/c1-8(13)11-3-2-4-12(6-5-11)9(14)7-10(15)16/h2-7H2,1H3,(H,15,16). The number of carboxylic acid groups (broad SMARTS) is 1. The van der Waals surface area contributed by atoms with E-state index in [9.17, 15) is 14.4 Å². The molecule has 0 spiro atoms. The summed E-state index contributed by atoms with van der Waals surface area (Å²) in [5, 5.41) is 8.51. The molecule has 0 aromatic rings. The molecule has 16 heavy (non-hydrogen) atoms. The zero-order valence-electron chi connectivity index (χ0n) is 9.31. The monoisotopic (exact) mass is 228 g/mol. The molecule has 1 aliphatic heterocycles. The van der Waals surface area contributed by atoms with Gasteiger partial charge in [0, 0.05) is 33.1 Å². The topological polar surface area (TPSA) is 77.9 Å². The molecule has 0 aliphatic carbocycles. The highest BCUT2D eigenvalue weighted by atomic mass is 16.4. The molecule has 1 heterocycles. The Bertz CT molecular complexity index is 303. The van der Waals surface area contributed by atoms with Crippen molar-refractivity contribution in [3.8, 4) is 0 Å². The van der Waals surface area contributed by atoms with Crippen molar-refractivity contribution in [3.05, 3.63) is 0 Å². The number of amides is 2. The van der Waals surface area contributed by atoms with Gasteiger partial charge in [0.15, 0.2) is 0 Å². The highest BCUT2D eigenvalue weighted by Crippen LogP contribution is 2.05. The van der Waals surface area contributed by atoms with E-state index < -0.39 is 12.4 Å². The van der Waals surface area contributed by atoms with Gasteiger partial charge in [0.1, 0.15) is 6.42 Å². The Morgan fingerprint density at radius 3 is 2.19 bits per heavy atom. The number of rotatable bonds is 2. The van der Waals surface area contributed by atoms with E-state index in [4.69, 9.17) is 5.11 Å². The summed E-state index contributed by atoms with van der Waals surface area (Å²) in [4.78, 5) is 36.2. The number of carbonyl (C=O) groups is 3. The highest BCUT2D eigenvalue weighted by molar-refractivity contribution is 5.93. The number of hydrogen-bond acceptors (Lipinski definition) is 3. The van der Waals surface area contributed by atoms with Crippen LogP contribution in [0.4, 0.5) is 0 Å². The molecule has 0 radical (unpaired) electrons. The molecule has 1 rings (SSSR count). The normalized spacial score (nSPS) is 16.8. The molecule has 1 N–H and O–H groups in total. The van der Waals surface area contributed by atoms with Crippen molar-refractivity contribution in [2.75, 3.05) is 26.2 Å². The van der Waals surface area contributed by atoms with Crippen molar-refractivity contribution in [2.24, 2.45) is 0 Å². The first kappa shape index (κ1) is 12.5. The molecule has 0 bridgehead atoms. The lowest BCUT2D eigenvalue weighted by atomic mass is 10.3. The van der Waals surface area contributed by atoms with Crippen molar-refractivity contribution in [2.45, 2.75) is 19.8 Å². The van der Waals surface area contributed by atoms with E-state index >= 15 is 0 Å². The molecule has 6 heteroatoms. The molecular formula is C10H16N2O4. The van der Waals surface area contributed by atoms with Crippen LogP contribution in [0.1, 0.15) is 19.8 Å². The molecule has 6 nitrogen and oxygen atoms in total. The highest BCUT2D eigenvalue weighted by Gasteiger charge is 2.21. The molecule has 2 amide bonds. The minimum absolute atomic E-state index is 0.00691. The fourth-order valence-corrected chi connectivity index (χ4v) is 1.72. The van der Waals surface area contributed by atoms with Crippen LogP contribution in [0.2, 0.25) is 0 Å². The largest absolute Gasteiger partial charge is 0.481 e. The van der Waals surface area contributed by atoms with Crippen molar-refractivity contribution >= 4 is 17.8 Å². The minimum Gasteiger partial charge on any atom is -0.481 e. The lowest BCUT2D eigenvalue weighted by molar-refractivity contribution is -0.144. The van der Waals surface area contributed by atoms with Gasteiger partial charge in [-0.1, -0.05) is 0 Å². The lowest BCUT2D eigenvalue weighted by Gasteiger charge is -2.20. The van der Waals surface area contributed by atoms with Crippen LogP contribution in [0.3, 0.4) is 0 Å². The SMILES string of the molecule is CC(=O)N1CCCN(C(=O)CC(=O)O)CC1. The van der Waals surface area contributed by atoms with Crippen LogP contribution < -0.4 is 0 Å². The third-order valence-corrected chi connectivity index (χ3v) is 2.60. The van der Waals surface area contributed by atoms with Gasteiger partial charge >= 0.3 is 5.97 Å². The zero-order valence-corrected chi connectivity index (χ0v) is 9.31. The summed E-state index contributed by atoms with van der Waals surface area (Å²) in [6, 6.07) is 0. The summed E-state index contributed by atoms with van der Waals surface area (Å²) in [6.07, 6.45) is 0.227. The molecule has 0 aromatic heterocycles. The Morgan fingerprint density at radius 2 is 1.62 bits per heavy atom. The van der Waals surface area contributed by atoms with Gasteiger partial charge in [-0.3, -0.25) is 14.4 Å². The van der Waals surface area contributed by atoms with E-state index in [0.29, 0.717) is 32.6 Å². The third kappa shape index (κ3) is 3.52. The Hall–Kier alpha value is -1.59. The van der Waals surface area contributed by atoms with Crippen molar-refractivity contribution in [3.63, 3.8) is 0 Å². The Labute approximate surface area is 93.8 Å². The molecular weight excluding hydrogens is 212 g/mol. The van der Waals surface area contributed by atoms with Crippen LogP contribution >= 0.6 is 0 Å². The number of hydrogen-bond donors (Lipinski definition) is 1. The van der Waals surface area contributed by atoms with Gasteiger partial charge in [0.05, 0.1) is 0 Å². The van der Waals surface area contributed by atoms with Crippen LogP contribution in [0.15, 0.2) is 0 Å². The number of nitrogens with zero attached hydrogens (tertiary/aromatic N) is 2. The van der Waals surface area contributed by atoms with Gasteiger partial charge in [0.2, 0.25) is 11.8 Å². The summed E-state index contributed by atoms with van der Waals surface area (Å²) in [5.41, 5.74) is 0. The van der Waals surface area contributed by atoms with Gasteiger partial charge < -0.3 is 14.9 Å². The van der Waals surface area contributed by atoms with E-state index in [1.54, 1.807) is 4.90 Å². The molecule has 1 aliphatic rings. The molecule has 90 valence electrons. The predicted octanol–water partition coefficient (Wildman–Crippen LogP) is -0.458. The second-order valence-electron chi connectivity index (χ2n) is 3.81. The molecule has 0 saturated carbocycles. The quantitative estimate of drug-likeness (QED) is 0.649. The van der Waals surface area contributed by atoms with Gasteiger partial charge in [-0.15, -0.1) is 0 Å². The first-order valence-corrected chi connectivity index (χ1v) is 5.26. The number of aliphatic carboxylic acids is 1. The van der Waals surface area contributed by atoms with E-state index in [2.05, 4.69) is 0 Å². The first-order chi connectivity index (χ1) is 7.50. The summed E-state index contributed by atoms with van der Waals surface area (Å²) in [6.45, 7) is 3.56. The minimum atomic E-state index is -1.11. The van der Waals surface area contributed by atoms with Crippen molar-refractivity contribution < 1.29 is 19.5 Å². The second kappa shape index (κ2) is 5.48. The van der Waals surface area contributed by atoms with Gasteiger partial charge in [-0.05, 0) is 6.42 Å². The maximum Gasteiger partial charge on any atom is 0.312 e. The van der Waals surface area contributed by atoms with E-state index in [1.807, 2.05) is 0 Å². The van der Waals surface area contributed by atoms with E-state index in [0.717, 1.165) is 0 Å². The maximum absolute atomic E-state index is 11.5. The summed E-state index contributed by atoms with van der Waals surface area (Å²) < 4.78 is 0.